The lowest BCUT2D eigenvalue weighted by molar-refractivity contribution is -0.00688. The monoisotopic (exact) mass is 512 g/mol. The number of hydrogen-bond acceptors (Lipinski definition) is 6. The summed E-state index contributed by atoms with van der Waals surface area (Å²) in [5.41, 5.74) is 4.65. The second-order valence-electron chi connectivity index (χ2n) is 10.1. The van der Waals surface area contributed by atoms with Crippen molar-refractivity contribution in [2.45, 2.75) is 13.0 Å². The SMILES string of the molecule is Cc1cc(F)cc(-c2cnc3ccc(-c4cc(F)cc(C#N)c4O)cc3c2N2CC(CNC3COC3)C2)c1. The first-order valence-corrected chi connectivity index (χ1v) is 12.6. The number of fused-ring (bicyclic) bond motifs is 1. The lowest BCUT2D eigenvalue weighted by atomic mass is 9.92. The molecule has 0 radical (unpaired) electrons. The fourth-order valence-corrected chi connectivity index (χ4v) is 5.26. The number of pyridine rings is 1. The fraction of sp³-hybridized carbons (Fsp3) is 0.267. The number of rotatable bonds is 6. The van der Waals surface area contributed by atoms with E-state index in [2.05, 4.69) is 15.2 Å². The Morgan fingerprint density at radius 2 is 1.84 bits per heavy atom. The summed E-state index contributed by atoms with van der Waals surface area (Å²) in [5.74, 6) is -0.738. The molecule has 4 aromatic rings. The van der Waals surface area contributed by atoms with Gasteiger partial charge in [-0.1, -0.05) is 12.1 Å². The second kappa shape index (κ2) is 9.67. The second-order valence-corrected chi connectivity index (χ2v) is 10.1. The Bertz CT molecular complexity index is 1570. The van der Waals surface area contributed by atoms with Gasteiger partial charge in [0, 0.05) is 48.3 Å². The molecule has 2 N–H and O–H groups in total. The van der Waals surface area contributed by atoms with E-state index in [9.17, 15) is 19.1 Å². The van der Waals surface area contributed by atoms with Gasteiger partial charge in [-0.05, 0) is 60.0 Å². The zero-order valence-electron chi connectivity index (χ0n) is 20.8. The van der Waals surface area contributed by atoms with Crippen LogP contribution in [0.5, 0.6) is 5.75 Å². The maximum atomic E-state index is 14.4. The minimum Gasteiger partial charge on any atom is -0.506 e. The number of benzene rings is 3. The number of phenolic OH excluding ortho intramolecular Hbond substituents is 1. The molecule has 3 aromatic carbocycles. The molecule has 0 aliphatic carbocycles. The maximum absolute atomic E-state index is 14.4. The Morgan fingerprint density at radius 3 is 2.55 bits per heavy atom. The van der Waals surface area contributed by atoms with Crippen LogP contribution in [0, 0.1) is 35.8 Å². The van der Waals surface area contributed by atoms with Gasteiger partial charge in [0.2, 0.25) is 0 Å². The quantitative estimate of drug-likeness (QED) is 0.372. The van der Waals surface area contributed by atoms with E-state index in [0.717, 1.165) is 72.2 Å². The lowest BCUT2D eigenvalue weighted by Gasteiger charge is -2.43. The van der Waals surface area contributed by atoms with Crippen molar-refractivity contribution >= 4 is 16.6 Å². The minimum atomic E-state index is -0.605. The third-order valence-electron chi connectivity index (χ3n) is 7.31. The summed E-state index contributed by atoms with van der Waals surface area (Å²) in [7, 11) is 0. The smallest absolute Gasteiger partial charge is 0.141 e. The van der Waals surface area contributed by atoms with Gasteiger partial charge in [0.25, 0.3) is 0 Å². The summed E-state index contributed by atoms with van der Waals surface area (Å²) in [4.78, 5) is 6.92. The van der Waals surface area contributed by atoms with E-state index in [4.69, 9.17) is 4.74 Å². The summed E-state index contributed by atoms with van der Waals surface area (Å²) in [5, 5.41) is 24.3. The number of hydrogen-bond donors (Lipinski definition) is 2. The van der Waals surface area contributed by atoms with Crippen LogP contribution in [0.15, 0.2) is 54.7 Å². The van der Waals surface area contributed by atoms with Gasteiger partial charge in [0.15, 0.2) is 0 Å². The van der Waals surface area contributed by atoms with Gasteiger partial charge in [-0.25, -0.2) is 8.78 Å². The average molecular weight is 513 g/mol. The van der Waals surface area contributed by atoms with Crippen LogP contribution in [0.1, 0.15) is 11.1 Å². The Balaban J connectivity index is 1.46. The predicted octanol–water partition coefficient (Wildman–Crippen LogP) is 5.16. The average Bonchev–Trinajstić information content (AvgIpc) is 2.84. The van der Waals surface area contributed by atoms with Crippen LogP contribution in [-0.4, -0.2) is 49.0 Å². The van der Waals surface area contributed by atoms with Crippen LogP contribution in [-0.2, 0) is 4.74 Å². The van der Waals surface area contributed by atoms with Crippen LogP contribution in [0.3, 0.4) is 0 Å². The largest absolute Gasteiger partial charge is 0.506 e. The molecule has 2 fully saturated rings. The van der Waals surface area contributed by atoms with Gasteiger partial charge in [-0.15, -0.1) is 0 Å². The van der Waals surface area contributed by atoms with E-state index in [0.29, 0.717) is 17.5 Å². The Hall–Kier alpha value is -4.06. The van der Waals surface area contributed by atoms with Crippen molar-refractivity contribution in [1.29, 1.82) is 5.26 Å². The third kappa shape index (κ3) is 4.44. The topological polar surface area (TPSA) is 81.4 Å². The van der Waals surface area contributed by atoms with Gasteiger partial charge in [-0.3, -0.25) is 4.98 Å². The number of aromatic nitrogens is 1. The highest BCUT2D eigenvalue weighted by Gasteiger charge is 2.31. The van der Waals surface area contributed by atoms with E-state index >= 15 is 0 Å². The van der Waals surface area contributed by atoms with Crippen LogP contribution in [0.25, 0.3) is 33.2 Å². The predicted molar refractivity (Wildman–Crippen MR) is 142 cm³/mol. The fourth-order valence-electron chi connectivity index (χ4n) is 5.26. The number of phenols is 1. The van der Waals surface area contributed by atoms with Gasteiger partial charge in [-0.2, -0.15) is 5.26 Å². The van der Waals surface area contributed by atoms with Crippen LogP contribution in [0.2, 0.25) is 0 Å². The van der Waals surface area contributed by atoms with Crippen LogP contribution in [0.4, 0.5) is 14.5 Å². The van der Waals surface area contributed by atoms with Crippen molar-refractivity contribution in [3.8, 4) is 34.1 Å². The molecule has 0 unspecified atom stereocenters. The van der Waals surface area contributed by atoms with Gasteiger partial charge >= 0.3 is 0 Å². The molecule has 2 aliphatic heterocycles. The molecule has 0 atom stereocenters. The summed E-state index contributed by atoms with van der Waals surface area (Å²) in [6.45, 7) is 5.87. The van der Waals surface area contributed by atoms with E-state index in [1.54, 1.807) is 12.3 Å². The minimum absolute atomic E-state index is 0.127. The number of halogens is 2. The maximum Gasteiger partial charge on any atom is 0.141 e. The van der Waals surface area contributed by atoms with E-state index in [1.807, 2.05) is 31.2 Å². The summed E-state index contributed by atoms with van der Waals surface area (Å²) in [6.07, 6.45) is 1.77. The molecule has 2 aliphatic rings. The number of anilines is 1. The molecule has 0 spiro atoms. The molecule has 38 heavy (non-hydrogen) atoms. The van der Waals surface area contributed by atoms with Crippen molar-refractivity contribution in [3.05, 3.63) is 77.5 Å². The molecule has 1 aromatic heterocycles. The molecule has 0 saturated carbocycles. The highest BCUT2D eigenvalue weighted by molar-refractivity contribution is 6.02. The molecule has 3 heterocycles. The number of nitrogens with zero attached hydrogens (tertiary/aromatic N) is 3. The molecule has 8 heteroatoms. The van der Waals surface area contributed by atoms with Gasteiger partial charge in [0.1, 0.15) is 23.5 Å². The Morgan fingerprint density at radius 1 is 1.05 bits per heavy atom. The molecular weight excluding hydrogens is 486 g/mol. The molecule has 0 amide bonds. The van der Waals surface area contributed by atoms with Crippen molar-refractivity contribution in [3.63, 3.8) is 0 Å². The molecule has 6 nitrogen and oxygen atoms in total. The van der Waals surface area contributed by atoms with Gasteiger partial charge in [0.05, 0.1) is 36.0 Å². The number of ether oxygens (including phenoxy) is 1. The normalized spacial score (nSPS) is 15.8. The van der Waals surface area contributed by atoms with E-state index in [-0.39, 0.29) is 22.7 Å². The summed E-state index contributed by atoms with van der Waals surface area (Å²) in [6, 6.07) is 14.9. The zero-order chi connectivity index (χ0) is 26.4. The van der Waals surface area contributed by atoms with Crippen molar-refractivity contribution in [2.24, 2.45) is 5.92 Å². The molecular formula is C30H26F2N4O2. The number of nitrogens with one attached hydrogen (secondary N) is 1. The summed E-state index contributed by atoms with van der Waals surface area (Å²) < 4.78 is 34.0. The first kappa shape index (κ1) is 24.3. The molecule has 0 bridgehead atoms. The third-order valence-corrected chi connectivity index (χ3v) is 7.31. The molecule has 2 saturated heterocycles. The first-order chi connectivity index (χ1) is 18.4. The van der Waals surface area contributed by atoms with E-state index in [1.165, 1.54) is 18.2 Å². The highest BCUT2D eigenvalue weighted by atomic mass is 19.1. The lowest BCUT2D eigenvalue weighted by Crippen LogP contribution is -2.55. The van der Waals surface area contributed by atoms with Crippen molar-refractivity contribution in [1.82, 2.24) is 10.3 Å². The summed E-state index contributed by atoms with van der Waals surface area (Å²) >= 11 is 0. The Kier molecular flexibility index (Phi) is 6.18. The zero-order valence-corrected chi connectivity index (χ0v) is 20.8. The number of aryl methyl sites for hydroxylation is 1. The standard InChI is InChI=1S/C30H26F2N4O2/c1-17-4-20(6-22(31)5-17)27-12-35-28-3-2-19(25-9-23(32)7-21(10-33)30(25)37)8-26(28)29(27)36-13-18(14-36)11-34-24-15-38-16-24/h2-9,12,18,24,34,37H,11,13-16H2,1H3. The number of nitriles is 1. The van der Waals surface area contributed by atoms with Crippen molar-refractivity contribution < 1.29 is 18.6 Å². The van der Waals surface area contributed by atoms with Crippen molar-refractivity contribution in [2.75, 3.05) is 37.7 Å². The highest BCUT2D eigenvalue weighted by Crippen LogP contribution is 2.42. The van der Waals surface area contributed by atoms with E-state index < -0.39 is 5.82 Å². The first-order valence-electron chi connectivity index (χ1n) is 12.6. The Labute approximate surface area is 219 Å². The van der Waals surface area contributed by atoms with Gasteiger partial charge < -0.3 is 20.1 Å². The van der Waals surface area contributed by atoms with Crippen LogP contribution >= 0.6 is 0 Å². The molecule has 192 valence electrons. The molecule has 6 rings (SSSR count). The van der Waals surface area contributed by atoms with Crippen LogP contribution < -0.4 is 10.2 Å². The number of aromatic hydroxyl groups is 1.